The number of likely N-dealkylation sites (tertiary alicyclic amines) is 1. The van der Waals surface area contributed by atoms with Crippen LogP contribution in [0.4, 0.5) is 5.69 Å². The van der Waals surface area contributed by atoms with Crippen molar-refractivity contribution in [2.24, 2.45) is 0 Å². The summed E-state index contributed by atoms with van der Waals surface area (Å²) in [4.78, 5) is 25.7. The topological polar surface area (TPSA) is 61.4 Å². The number of nitrogens with zero attached hydrogens (tertiary/aromatic N) is 1. The summed E-state index contributed by atoms with van der Waals surface area (Å²) in [5, 5.41) is 6.24. The molecule has 1 fully saturated rings. The van der Waals surface area contributed by atoms with E-state index < -0.39 is 0 Å². The zero-order valence-electron chi connectivity index (χ0n) is 15.6. The Labute approximate surface area is 151 Å². The summed E-state index contributed by atoms with van der Waals surface area (Å²) >= 11 is 0. The molecule has 1 aliphatic rings. The predicted molar refractivity (Wildman–Crippen MR) is 102 cm³/mol. The van der Waals surface area contributed by atoms with Crippen LogP contribution in [0.15, 0.2) is 18.2 Å². The number of anilines is 1. The van der Waals surface area contributed by atoms with E-state index in [0.29, 0.717) is 25.9 Å². The Balaban J connectivity index is 1.58. The molecule has 0 bridgehead atoms. The Morgan fingerprint density at radius 1 is 1.08 bits per heavy atom. The Bertz CT molecular complexity index is 566. The number of rotatable bonds is 8. The Morgan fingerprint density at radius 3 is 2.60 bits per heavy atom. The number of benzene rings is 1. The summed E-state index contributed by atoms with van der Waals surface area (Å²) in [6, 6.07) is 6.30. The second-order valence-electron chi connectivity index (χ2n) is 6.95. The standard InChI is InChI=1S/C20H31N3O2/c1-16-13-17(2)15-18(14-16)21-10-8-19(24)22-9-6-12-23-11-5-3-4-7-20(23)25/h13-15,21H,3-12H2,1-2H3,(H,22,24). The first-order chi connectivity index (χ1) is 12.0. The van der Waals surface area contributed by atoms with Gasteiger partial charge in [0.2, 0.25) is 11.8 Å². The third kappa shape index (κ3) is 7.16. The van der Waals surface area contributed by atoms with Crippen LogP contribution in [-0.2, 0) is 9.59 Å². The van der Waals surface area contributed by atoms with E-state index in [1.165, 1.54) is 11.1 Å². The Kier molecular flexibility index (Phi) is 7.76. The lowest BCUT2D eigenvalue weighted by Gasteiger charge is -2.20. The van der Waals surface area contributed by atoms with Crippen LogP contribution in [0, 0.1) is 13.8 Å². The van der Waals surface area contributed by atoms with Crippen LogP contribution in [0.2, 0.25) is 0 Å². The molecule has 0 unspecified atom stereocenters. The van der Waals surface area contributed by atoms with Crippen molar-refractivity contribution in [3.05, 3.63) is 29.3 Å². The predicted octanol–water partition coefficient (Wildman–Crippen LogP) is 3.01. The van der Waals surface area contributed by atoms with E-state index in [0.717, 1.165) is 44.5 Å². The smallest absolute Gasteiger partial charge is 0.222 e. The Morgan fingerprint density at radius 2 is 1.84 bits per heavy atom. The van der Waals surface area contributed by atoms with Crippen LogP contribution in [0.5, 0.6) is 0 Å². The van der Waals surface area contributed by atoms with Crippen molar-refractivity contribution in [3.63, 3.8) is 0 Å². The van der Waals surface area contributed by atoms with Crippen molar-refractivity contribution >= 4 is 17.5 Å². The molecule has 5 heteroatoms. The lowest BCUT2D eigenvalue weighted by Crippen LogP contribution is -2.34. The highest BCUT2D eigenvalue weighted by atomic mass is 16.2. The second-order valence-corrected chi connectivity index (χ2v) is 6.95. The molecule has 1 aromatic rings. The van der Waals surface area contributed by atoms with E-state index in [-0.39, 0.29) is 11.8 Å². The molecule has 2 N–H and O–H groups in total. The average molecular weight is 345 g/mol. The molecular formula is C20H31N3O2. The third-order valence-corrected chi connectivity index (χ3v) is 4.50. The van der Waals surface area contributed by atoms with Crippen molar-refractivity contribution < 1.29 is 9.59 Å². The summed E-state index contributed by atoms with van der Waals surface area (Å²) in [5.74, 6) is 0.320. The van der Waals surface area contributed by atoms with E-state index in [1.807, 2.05) is 4.90 Å². The Hall–Kier alpha value is -2.04. The second kappa shape index (κ2) is 10.1. The van der Waals surface area contributed by atoms with Gasteiger partial charge in [-0.25, -0.2) is 0 Å². The van der Waals surface area contributed by atoms with Gasteiger partial charge in [0.05, 0.1) is 0 Å². The highest BCUT2D eigenvalue weighted by Gasteiger charge is 2.15. The maximum atomic E-state index is 11.9. The van der Waals surface area contributed by atoms with E-state index in [2.05, 4.69) is 42.7 Å². The highest BCUT2D eigenvalue weighted by Crippen LogP contribution is 2.13. The van der Waals surface area contributed by atoms with Crippen molar-refractivity contribution in [1.82, 2.24) is 10.2 Å². The van der Waals surface area contributed by atoms with Crippen LogP contribution in [0.3, 0.4) is 0 Å². The quantitative estimate of drug-likeness (QED) is 0.712. The number of hydrogen-bond acceptors (Lipinski definition) is 3. The summed E-state index contributed by atoms with van der Waals surface area (Å²) in [6.45, 7) is 7.01. The normalized spacial score (nSPS) is 15.0. The molecule has 0 spiro atoms. The number of amides is 2. The first kappa shape index (κ1) is 19.3. The molecule has 1 aliphatic heterocycles. The largest absolute Gasteiger partial charge is 0.385 e. The first-order valence-corrected chi connectivity index (χ1v) is 9.41. The molecule has 0 atom stereocenters. The number of hydrogen-bond donors (Lipinski definition) is 2. The average Bonchev–Trinajstić information content (AvgIpc) is 2.75. The summed E-state index contributed by atoms with van der Waals surface area (Å²) < 4.78 is 0. The molecule has 1 heterocycles. The zero-order valence-corrected chi connectivity index (χ0v) is 15.6. The molecule has 0 radical (unpaired) electrons. The van der Waals surface area contributed by atoms with Gasteiger partial charge in [-0.1, -0.05) is 12.5 Å². The van der Waals surface area contributed by atoms with Gasteiger partial charge in [-0.05, 0) is 56.4 Å². The van der Waals surface area contributed by atoms with Crippen LogP contribution in [-0.4, -0.2) is 42.9 Å². The molecule has 1 saturated heterocycles. The van der Waals surface area contributed by atoms with Gasteiger partial charge in [0.15, 0.2) is 0 Å². The van der Waals surface area contributed by atoms with Gasteiger partial charge in [-0.3, -0.25) is 9.59 Å². The van der Waals surface area contributed by atoms with Gasteiger partial charge in [-0.2, -0.15) is 0 Å². The van der Waals surface area contributed by atoms with E-state index in [9.17, 15) is 9.59 Å². The van der Waals surface area contributed by atoms with Crippen molar-refractivity contribution in [3.8, 4) is 0 Å². The van der Waals surface area contributed by atoms with Crippen molar-refractivity contribution in [1.29, 1.82) is 0 Å². The van der Waals surface area contributed by atoms with E-state index in [1.54, 1.807) is 0 Å². The van der Waals surface area contributed by atoms with Crippen molar-refractivity contribution in [2.45, 2.75) is 52.4 Å². The lowest BCUT2D eigenvalue weighted by atomic mass is 10.1. The van der Waals surface area contributed by atoms with Crippen LogP contribution >= 0.6 is 0 Å². The van der Waals surface area contributed by atoms with Crippen LogP contribution in [0.1, 0.15) is 49.7 Å². The molecule has 1 aromatic carbocycles. The molecule has 2 amide bonds. The fourth-order valence-corrected chi connectivity index (χ4v) is 3.26. The molecular weight excluding hydrogens is 314 g/mol. The molecule has 0 aromatic heterocycles. The van der Waals surface area contributed by atoms with Crippen LogP contribution in [0.25, 0.3) is 0 Å². The number of aryl methyl sites for hydroxylation is 2. The maximum absolute atomic E-state index is 11.9. The minimum atomic E-state index is 0.0547. The zero-order chi connectivity index (χ0) is 18.1. The monoisotopic (exact) mass is 345 g/mol. The number of carbonyl (C=O) groups excluding carboxylic acids is 2. The molecule has 0 saturated carbocycles. The van der Waals surface area contributed by atoms with Gasteiger partial charge in [0.1, 0.15) is 0 Å². The highest BCUT2D eigenvalue weighted by molar-refractivity contribution is 5.77. The van der Waals surface area contributed by atoms with Crippen LogP contribution < -0.4 is 10.6 Å². The van der Waals surface area contributed by atoms with Gasteiger partial charge >= 0.3 is 0 Å². The summed E-state index contributed by atoms with van der Waals surface area (Å²) in [5.41, 5.74) is 3.50. The van der Waals surface area contributed by atoms with E-state index >= 15 is 0 Å². The number of nitrogens with one attached hydrogen (secondary N) is 2. The molecule has 0 aliphatic carbocycles. The number of carbonyl (C=O) groups is 2. The first-order valence-electron chi connectivity index (χ1n) is 9.41. The third-order valence-electron chi connectivity index (χ3n) is 4.50. The maximum Gasteiger partial charge on any atom is 0.222 e. The minimum absolute atomic E-state index is 0.0547. The lowest BCUT2D eigenvalue weighted by molar-refractivity contribution is -0.130. The van der Waals surface area contributed by atoms with Gasteiger partial charge < -0.3 is 15.5 Å². The minimum Gasteiger partial charge on any atom is -0.385 e. The molecule has 25 heavy (non-hydrogen) atoms. The van der Waals surface area contributed by atoms with Gasteiger partial charge in [0.25, 0.3) is 0 Å². The molecule has 138 valence electrons. The molecule has 5 nitrogen and oxygen atoms in total. The SMILES string of the molecule is Cc1cc(C)cc(NCCC(=O)NCCCN2CCCCCC2=O)c1. The van der Waals surface area contributed by atoms with Crippen molar-refractivity contribution in [2.75, 3.05) is 31.5 Å². The summed E-state index contributed by atoms with van der Waals surface area (Å²) in [7, 11) is 0. The molecule has 2 rings (SSSR count). The fraction of sp³-hybridized carbons (Fsp3) is 0.600. The van der Waals surface area contributed by atoms with Gasteiger partial charge in [-0.15, -0.1) is 0 Å². The summed E-state index contributed by atoms with van der Waals surface area (Å²) in [6.07, 6.45) is 5.21. The van der Waals surface area contributed by atoms with Gasteiger partial charge in [0, 0.05) is 44.7 Å². The van der Waals surface area contributed by atoms with E-state index in [4.69, 9.17) is 0 Å². The fourth-order valence-electron chi connectivity index (χ4n) is 3.26.